The molecule has 2 aromatic carbocycles. The van der Waals surface area contributed by atoms with Crippen LogP contribution in [-0.2, 0) is 4.79 Å². The highest BCUT2D eigenvalue weighted by molar-refractivity contribution is 5.85. The van der Waals surface area contributed by atoms with E-state index in [1.54, 1.807) is 0 Å². The van der Waals surface area contributed by atoms with Gasteiger partial charge in [0.2, 0.25) is 0 Å². The van der Waals surface area contributed by atoms with E-state index in [0.29, 0.717) is 6.42 Å². The summed E-state index contributed by atoms with van der Waals surface area (Å²) < 4.78 is 0. The van der Waals surface area contributed by atoms with Gasteiger partial charge >= 0.3 is 5.97 Å². The molecule has 0 bridgehead atoms. The summed E-state index contributed by atoms with van der Waals surface area (Å²) in [5.41, 5.74) is 1.35. The number of carboxylic acids is 1. The van der Waals surface area contributed by atoms with Crippen molar-refractivity contribution in [2.75, 3.05) is 0 Å². The zero-order chi connectivity index (χ0) is 14.1. The Kier molecular flexibility index (Phi) is 6.65. The van der Waals surface area contributed by atoms with Crippen LogP contribution in [0.15, 0.2) is 42.5 Å². The molecule has 0 fully saturated rings. The van der Waals surface area contributed by atoms with E-state index >= 15 is 0 Å². The van der Waals surface area contributed by atoms with Crippen LogP contribution in [0.4, 0.5) is 0 Å². The molecule has 2 heteroatoms. The summed E-state index contributed by atoms with van der Waals surface area (Å²) in [4.78, 5) is 9.87. The first-order chi connectivity index (χ1) is 9.15. The molecule has 102 valence electrons. The Labute approximate surface area is 115 Å². The summed E-state index contributed by atoms with van der Waals surface area (Å²) in [6.07, 6.45) is 3.28. The van der Waals surface area contributed by atoms with Crippen LogP contribution in [0.2, 0.25) is 0 Å². The maximum atomic E-state index is 9.87. The topological polar surface area (TPSA) is 37.3 Å². The Bertz CT molecular complexity index is 512. The van der Waals surface area contributed by atoms with E-state index in [0.717, 1.165) is 19.3 Å². The number of aliphatic carboxylic acids is 1. The summed E-state index contributed by atoms with van der Waals surface area (Å²) in [5.74, 6) is -0.682. The third-order valence-corrected chi connectivity index (χ3v) is 3.00. The van der Waals surface area contributed by atoms with Crippen LogP contribution in [0.3, 0.4) is 0 Å². The Hall–Kier alpha value is -1.83. The first-order valence-corrected chi connectivity index (χ1v) is 6.81. The lowest BCUT2D eigenvalue weighted by molar-refractivity contribution is -0.137. The number of rotatable bonds is 4. The average molecular weight is 258 g/mol. The standard InChI is InChI=1S/C11H10.C6H12O2/c1-9-5-4-7-10-6-2-3-8-11(9)10;1-2-3-4-5-6(7)8/h2-8H,1H3;2-5H2,1H3,(H,7,8). The molecule has 0 unspecified atom stereocenters. The second-order valence-electron chi connectivity index (χ2n) is 4.65. The summed E-state index contributed by atoms with van der Waals surface area (Å²) in [5, 5.41) is 10.8. The van der Waals surface area contributed by atoms with Crippen molar-refractivity contribution in [1.29, 1.82) is 0 Å². The molecule has 0 aliphatic heterocycles. The van der Waals surface area contributed by atoms with Crippen molar-refractivity contribution < 1.29 is 9.90 Å². The van der Waals surface area contributed by atoms with Crippen molar-refractivity contribution in [3.05, 3.63) is 48.0 Å². The Balaban J connectivity index is 0.000000203. The van der Waals surface area contributed by atoms with Crippen molar-refractivity contribution in [2.45, 2.75) is 39.5 Å². The van der Waals surface area contributed by atoms with Gasteiger partial charge in [0.05, 0.1) is 0 Å². The fraction of sp³-hybridized carbons (Fsp3) is 0.353. The van der Waals surface area contributed by atoms with Crippen molar-refractivity contribution in [1.82, 2.24) is 0 Å². The highest BCUT2D eigenvalue weighted by Crippen LogP contribution is 2.16. The molecule has 0 aromatic heterocycles. The molecule has 0 atom stereocenters. The van der Waals surface area contributed by atoms with E-state index in [-0.39, 0.29) is 0 Å². The number of hydrogen-bond acceptors (Lipinski definition) is 1. The Morgan fingerprint density at radius 2 is 1.74 bits per heavy atom. The quantitative estimate of drug-likeness (QED) is 0.800. The average Bonchev–Trinajstić information content (AvgIpc) is 2.40. The second kappa shape index (κ2) is 8.30. The number of unbranched alkanes of at least 4 members (excludes halogenated alkanes) is 2. The lowest BCUT2D eigenvalue weighted by Crippen LogP contribution is -1.92. The normalized spacial score (nSPS) is 9.79. The molecule has 2 rings (SSSR count). The Morgan fingerprint density at radius 3 is 2.37 bits per heavy atom. The molecule has 0 radical (unpaired) electrons. The number of carboxylic acid groups (broad SMARTS) is 1. The molecule has 2 aromatic rings. The van der Waals surface area contributed by atoms with E-state index in [9.17, 15) is 4.79 Å². The number of carbonyl (C=O) groups is 1. The van der Waals surface area contributed by atoms with Crippen LogP contribution in [0.25, 0.3) is 10.8 Å². The van der Waals surface area contributed by atoms with Gasteiger partial charge in [-0.1, -0.05) is 62.2 Å². The number of aryl methyl sites for hydroxylation is 1. The van der Waals surface area contributed by atoms with Gasteiger partial charge in [-0.2, -0.15) is 0 Å². The number of fused-ring (bicyclic) bond motifs is 1. The minimum Gasteiger partial charge on any atom is -0.481 e. The van der Waals surface area contributed by atoms with Crippen LogP contribution < -0.4 is 0 Å². The first-order valence-electron chi connectivity index (χ1n) is 6.81. The number of benzene rings is 2. The minimum absolute atomic E-state index is 0.327. The van der Waals surface area contributed by atoms with E-state index in [1.165, 1.54) is 16.3 Å². The highest BCUT2D eigenvalue weighted by Gasteiger charge is 1.93. The molecular formula is C17H22O2. The van der Waals surface area contributed by atoms with Crippen LogP contribution >= 0.6 is 0 Å². The van der Waals surface area contributed by atoms with Crippen molar-refractivity contribution in [3.63, 3.8) is 0 Å². The maximum Gasteiger partial charge on any atom is 0.303 e. The van der Waals surface area contributed by atoms with Crippen molar-refractivity contribution in [3.8, 4) is 0 Å². The number of hydrogen-bond donors (Lipinski definition) is 1. The van der Waals surface area contributed by atoms with Crippen LogP contribution in [0.1, 0.15) is 38.2 Å². The van der Waals surface area contributed by atoms with E-state index in [1.807, 2.05) is 0 Å². The van der Waals surface area contributed by atoms with Crippen molar-refractivity contribution >= 4 is 16.7 Å². The van der Waals surface area contributed by atoms with Gasteiger partial charge in [0.25, 0.3) is 0 Å². The van der Waals surface area contributed by atoms with Crippen LogP contribution in [-0.4, -0.2) is 11.1 Å². The zero-order valence-corrected chi connectivity index (χ0v) is 11.7. The van der Waals surface area contributed by atoms with Gasteiger partial charge in [0, 0.05) is 6.42 Å². The van der Waals surface area contributed by atoms with Gasteiger partial charge in [-0.3, -0.25) is 4.79 Å². The SMILES string of the molecule is CCCCCC(=O)O.Cc1cccc2ccccc12. The minimum atomic E-state index is -0.682. The van der Waals surface area contributed by atoms with Gasteiger partial charge in [-0.05, 0) is 29.7 Å². The molecule has 0 saturated heterocycles. The fourth-order valence-electron chi connectivity index (χ4n) is 1.91. The molecule has 19 heavy (non-hydrogen) atoms. The monoisotopic (exact) mass is 258 g/mol. The molecule has 0 spiro atoms. The highest BCUT2D eigenvalue weighted by atomic mass is 16.4. The molecular weight excluding hydrogens is 236 g/mol. The summed E-state index contributed by atoms with van der Waals surface area (Å²) in [6, 6.07) is 14.8. The van der Waals surface area contributed by atoms with Crippen LogP contribution in [0, 0.1) is 6.92 Å². The second-order valence-corrected chi connectivity index (χ2v) is 4.65. The largest absolute Gasteiger partial charge is 0.481 e. The molecule has 0 aliphatic rings. The molecule has 0 saturated carbocycles. The Morgan fingerprint density at radius 1 is 1.05 bits per heavy atom. The lowest BCUT2D eigenvalue weighted by atomic mass is 10.1. The third kappa shape index (κ3) is 5.56. The smallest absolute Gasteiger partial charge is 0.303 e. The van der Waals surface area contributed by atoms with E-state index < -0.39 is 5.97 Å². The third-order valence-electron chi connectivity index (χ3n) is 3.00. The lowest BCUT2D eigenvalue weighted by Gasteiger charge is -1.98. The van der Waals surface area contributed by atoms with Gasteiger partial charge in [-0.25, -0.2) is 0 Å². The zero-order valence-electron chi connectivity index (χ0n) is 11.7. The van der Waals surface area contributed by atoms with E-state index in [2.05, 4.69) is 56.3 Å². The molecule has 1 N–H and O–H groups in total. The molecule has 0 amide bonds. The summed E-state index contributed by atoms with van der Waals surface area (Å²) >= 11 is 0. The fourth-order valence-corrected chi connectivity index (χ4v) is 1.91. The molecule has 0 heterocycles. The summed E-state index contributed by atoms with van der Waals surface area (Å²) in [6.45, 7) is 4.20. The molecule has 2 nitrogen and oxygen atoms in total. The summed E-state index contributed by atoms with van der Waals surface area (Å²) in [7, 11) is 0. The predicted molar refractivity (Wildman–Crippen MR) is 80.5 cm³/mol. The van der Waals surface area contributed by atoms with Gasteiger partial charge in [-0.15, -0.1) is 0 Å². The predicted octanol–water partition coefficient (Wildman–Crippen LogP) is 4.80. The van der Waals surface area contributed by atoms with Gasteiger partial charge < -0.3 is 5.11 Å². The van der Waals surface area contributed by atoms with Crippen LogP contribution in [0.5, 0.6) is 0 Å². The van der Waals surface area contributed by atoms with Gasteiger partial charge in [0.15, 0.2) is 0 Å². The van der Waals surface area contributed by atoms with E-state index in [4.69, 9.17) is 5.11 Å². The molecule has 0 aliphatic carbocycles. The first kappa shape index (κ1) is 15.2. The van der Waals surface area contributed by atoms with Crippen molar-refractivity contribution in [2.24, 2.45) is 0 Å². The van der Waals surface area contributed by atoms with Gasteiger partial charge in [0.1, 0.15) is 0 Å². The maximum absolute atomic E-state index is 9.87.